The van der Waals surface area contributed by atoms with Crippen LogP contribution in [0.15, 0.2) is 12.2 Å². The van der Waals surface area contributed by atoms with Crippen LogP contribution in [0.2, 0.25) is 0 Å². The molecule has 0 aromatic carbocycles. The molecular formula is C10H20O. The van der Waals surface area contributed by atoms with Crippen LogP contribution in [0.1, 0.15) is 40.0 Å². The molecule has 0 saturated heterocycles. The molecule has 0 radical (unpaired) electrons. The van der Waals surface area contributed by atoms with E-state index in [0.29, 0.717) is 5.92 Å². The standard InChI is InChI=1S/C10H20O/c1-5-8(3)7-9(4)10(11)6-2/h9-11H,3,5-7H2,1-2,4H3. The molecule has 2 atom stereocenters. The molecule has 0 aromatic rings. The van der Waals surface area contributed by atoms with E-state index in [1.54, 1.807) is 0 Å². The van der Waals surface area contributed by atoms with Crippen molar-refractivity contribution in [3.8, 4) is 0 Å². The first kappa shape index (κ1) is 10.7. The maximum Gasteiger partial charge on any atom is 0.0566 e. The SMILES string of the molecule is C=C(CC)CC(C)C(O)CC. The summed E-state index contributed by atoms with van der Waals surface area (Å²) in [5, 5.41) is 9.43. The van der Waals surface area contributed by atoms with Crippen molar-refractivity contribution in [3.63, 3.8) is 0 Å². The Bertz CT molecular complexity index is 118. The predicted molar refractivity (Wildman–Crippen MR) is 49.5 cm³/mol. The Morgan fingerprint density at radius 3 is 2.36 bits per heavy atom. The number of hydrogen-bond acceptors (Lipinski definition) is 1. The summed E-state index contributed by atoms with van der Waals surface area (Å²) in [6, 6.07) is 0. The van der Waals surface area contributed by atoms with Crippen molar-refractivity contribution in [3.05, 3.63) is 12.2 Å². The third-order valence-electron chi connectivity index (χ3n) is 2.19. The van der Waals surface area contributed by atoms with Crippen molar-refractivity contribution < 1.29 is 5.11 Å². The van der Waals surface area contributed by atoms with Crippen molar-refractivity contribution in [2.24, 2.45) is 5.92 Å². The Morgan fingerprint density at radius 1 is 1.45 bits per heavy atom. The minimum absolute atomic E-state index is 0.154. The van der Waals surface area contributed by atoms with Crippen molar-refractivity contribution in [1.82, 2.24) is 0 Å². The van der Waals surface area contributed by atoms with Gasteiger partial charge in [0.25, 0.3) is 0 Å². The van der Waals surface area contributed by atoms with E-state index in [2.05, 4.69) is 20.4 Å². The van der Waals surface area contributed by atoms with E-state index in [1.807, 2.05) is 6.92 Å². The Hall–Kier alpha value is -0.300. The second-order valence-electron chi connectivity index (χ2n) is 3.26. The van der Waals surface area contributed by atoms with Gasteiger partial charge in [-0.05, 0) is 25.2 Å². The van der Waals surface area contributed by atoms with Gasteiger partial charge in [-0.1, -0.05) is 32.9 Å². The van der Waals surface area contributed by atoms with Crippen LogP contribution in [0.4, 0.5) is 0 Å². The van der Waals surface area contributed by atoms with Gasteiger partial charge in [0, 0.05) is 0 Å². The van der Waals surface area contributed by atoms with Crippen LogP contribution in [0.25, 0.3) is 0 Å². The minimum atomic E-state index is -0.154. The van der Waals surface area contributed by atoms with Gasteiger partial charge in [0.2, 0.25) is 0 Å². The minimum Gasteiger partial charge on any atom is -0.393 e. The van der Waals surface area contributed by atoms with E-state index in [-0.39, 0.29) is 6.10 Å². The van der Waals surface area contributed by atoms with Crippen molar-refractivity contribution in [1.29, 1.82) is 0 Å². The average Bonchev–Trinajstić information content (AvgIpc) is 2.02. The summed E-state index contributed by atoms with van der Waals surface area (Å²) in [5.41, 5.74) is 1.24. The van der Waals surface area contributed by atoms with E-state index >= 15 is 0 Å². The summed E-state index contributed by atoms with van der Waals surface area (Å²) in [6.45, 7) is 10.1. The monoisotopic (exact) mass is 156 g/mol. The topological polar surface area (TPSA) is 20.2 Å². The van der Waals surface area contributed by atoms with Gasteiger partial charge < -0.3 is 5.11 Å². The predicted octanol–water partition coefficient (Wildman–Crippen LogP) is 2.75. The van der Waals surface area contributed by atoms with E-state index in [0.717, 1.165) is 19.3 Å². The second-order valence-corrected chi connectivity index (χ2v) is 3.26. The molecule has 1 N–H and O–H groups in total. The molecule has 0 aliphatic carbocycles. The Balaban J connectivity index is 3.67. The lowest BCUT2D eigenvalue weighted by Crippen LogP contribution is -2.16. The summed E-state index contributed by atoms with van der Waals surface area (Å²) in [4.78, 5) is 0. The lowest BCUT2D eigenvalue weighted by atomic mass is 9.94. The molecule has 2 unspecified atom stereocenters. The van der Waals surface area contributed by atoms with Crippen LogP contribution in [0, 0.1) is 5.92 Å². The third-order valence-corrected chi connectivity index (χ3v) is 2.19. The van der Waals surface area contributed by atoms with Gasteiger partial charge in [-0.3, -0.25) is 0 Å². The van der Waals surface area contributed by atoms with Crippen molar-refractivity contribution >= 4 is 0 Å². The highest BCUT2D eigenvalue weighted by atomic mass is 16.3. The van der Waals surface area contributed by atoms with Gasteiger partial charge in [-0.2, -0.15) is 0 Å². The van der Waals surface area contributed by atoms with Crippen LogP contribution < -0.4 is 0 Å². The molecule has 0 amide bonds. The summed E-state index contributed by atoms with van der Waals surface area (Å²) >= 11 is 0. The van der Waals surface area contributed by atoms with Gasteiger partial charge in [0.15, 0.2) is 0 Å². The lowest BCUT2D eigenvalue weighted by molar-refractivity contribution is 0.112. The Morgan fingerprint density at radius 2 is 2.00 bits per heavy atom. The largest absolute Gasteiger partial charge is 0.393 e. The summed E-state index contributed by atoms with van der Waals surface area (Å²) in [6.07, 6.45) is 2.68. The zero-order valence-electron chi connectivity index (χ0n) is 7.93. The van der Waals surface area contributed by atoms with E-state index in [1.165, 1.54) is 5.57 Å². The maximum absolute atomic E-state index is 9.43. The van der Waals surface area contributed by atoms with Crippen LogP contribution in [-0.2, 0) is 0 Å². The molecule has 0 aliphatic heterocycles. The molecule has 0 heterocycles. The summed E-state index contributed by atoms with van der Waals surface area (Å²) in [5.74, 6) is 0.368. The second kappa shape index (κ2) is 5.36. The summed E-state index contributed by atoms with van der Waals surface area (Å²) in [7, 11) is 0. The third kappa shape index (κ3) is 4.20. The van der Waals surface area contributed by atoms with Crippen LogP contribution in [0.5, 0.6) is 0 Å². The first-order valence-electron chi connectivity index (χ1n) is 4.46. The zero-order chi connectivity index (χ0) is 8.85. The molecule has 0 aliphatic rings. The maximum atomic E-state index is 9.43. The summed E-state index contributed by atoms with van der Waals surface area (Å²) < 4.78 is 0. The van der Waals surface area contributed by atoms with Gasteiger partial charge in [-0.15, -0.1) is 0 Å². The first-order chi connectivity index (χ1) is 5.11. The molecule has 1 heteroatoms. The molecule has 66 valence electrons. The van der Waals surface area contributed by atoms with Gasteiger partial charge >= 0.3 is 0 Å². The van der Waals surface area contributed by atoms with E-state index in [9.17, 15) is 5.11 Å². The molecule has 0 bridgehead atoms. The fourth-order valence-corrected chi connectivity index (χ4v) is 1.14. The van der Waals surface area contributed by atoms with E-state index < -0.39 is 0 Å². The highest BCUT2D eigenvalue weighted by Crippen LogP contribution is 2.17. The lowest BCUT2D eigenvalue weighted by Gasteiger charge is -2.17. The molecular weight excluding hydrogens is 136 g/mol. The Kier molecular flexibility index (Phi) is 5.22. The highest BCUT2D eigenvalue weighted by molar-refractivity contribution is 4.94. The number of aliphatic hydroxyl groups excluding tert-OH is 1. The fourth-order valence-electron chi connectivity index (χ4n) is 1.14. The van der Waals surface area contributed by atoms with Gasteiger partial charge in [-0.25, -0.2) is 0 Å². The fraction of sp³-hybridized carbons (Fsp3) is 0.800. The zero-order valence-corrected chi connectivity index (χ0v) is 7.93. The van der Waals surface area contributed by atoms with E-state index in [4.69, 9.17) is 0 Å². The van der Waals surface area contributed by atoms with Crippen LogP contribution >= 0.6 is 0 Å². The van der Waals surface area contributed by atoms with Gasteiger partial charge in [0.05, 0.1) is 6.10 Å². The van der Waals surface area contributed by atoms with Crippen LogP contribution in [0.3, 0.4) is 0 Å². The van der Waals surface area contributed by atoms with Crippen molar-refractivity contribution in [2.75, 3.05) is 0 Å². The molecule has 0 aromatic heterocycles. The number of aliphatic hydroxyl groups is 1. The smallest absolute Gasteiger partial charge is 0.0566 e. The van der Waals surface area contributed by atoms with Gasteiger partial charge in [0.1, 0.15) is 0 Å². The molecule has 0 saturated carbocycles. The number of allylic oxidation sites excluding steroid dienone is 1. The molecule has 0 spiro atoms. The van der Waals surface area contributed by atoms with Crippen molar-refractivity contribution in [2.45, 2.75) is 46.1 Å². The number of rotatable bonds is 5. The van der Waals surface area contributed by atoms with Crippen LogP contribution in [-0.4, -0.2) is 11.2 Å². The molecule has 11 heavy (non-hydrogen) atoms. The average molecular weight is 156 g/mol. The molecule has 0 fully saturated rings. The quantitative estimate of drug-likeness (QED) is 0.607. The molecule has 1 nitrogen and oxygen atoms in total. The first-order valence-corrected chi connectivity index (χ1v) is 4.46. The highest BCUT2D eigenvalue weighted by Gasteiger charge is 2.11. The normalized spacial score (nSPS) is 16.0. The number of hydrogen-bond donors (Lipinski definition) is 1. The molecule has 0 rings (SSSR count). The Labute approximate surface area is 70.1 Å².